The van der Waals surface area contributed by atoms with Crippen LogP contribution in [0.3, 0.4) is 0 Å². The molecule has 10 atom stereocenters. The highest BCUT2D eigenvalue weighted by Gasteiger charge is 2.68. The molecule has 0 aromatic rings. The molecule has 0 heterocycles. The molecule has 166 valence electrons. The third-order valence-corrected chi connectivity index (χ3v) is 12.8. The first-order valence-corrected chi connectivity index (χ1v) is 13.2. The number of hydrogen-bond donors (Lipinski definition) is 1. The lowest BCUT2D eigenvalue weighted by Crippen LogP contribution is -2.66. The van der Waals surface area contributed by atoms with Crippen LogP contribution in [-0.4, -0.2) is 11.2 Å². The predicted molar refractivity (Wildman–Crippen MR) is 122 cm³/mol. The van der Waals surface area contributed by atoms with E-state index in [1.807, 2.05) is 0 Å². The Morgan fingerprint density at radius 2 is 1.41 bits per heavy atom. The van der Waals surface area contributed by atoms with Crippen LogP contribution >= 0.6 is 0 Å². The van der Waals surface area contributed by atoms with E-state index in [1.165, 1.54) is 64.2 Å². The van der Waals surface area contributed by atoms with Crippen LogP contribution < -0.4 is 0 Å². The van der Waals surface area contributed by atoms with Crippen molar-refractivity contribution < 1.29 is 5.11 Å². The highest BCUT2D eigenvalue weighted by Crippen LogP contribution is 2.75. The molecule has 0 saturated heterocycles. The van der Waals surface area contributed by atoms with E-state index in [9.17, 15) is 5.11 Å². The molecule has 5 aliphatic carbocycles. The fourth-order valence-electron chi connectivity index (χ4n) is 10.9. The van der Waals surface area contributed by atoms with Crippen molar-refractivity contribution in [3.8, 4) is 0 Å². The second kappa shape index (κ2) is 6.49. The Morgan fingerprint density at radius 3 is 2.17 bits per heavy atom. The first kappa shape index (κ1) is 20.8. The normalized spacial score (nSPS) is 59.1. The molecule has 5 fully saturated rings. The molecule has 5 rings (SSSR count). The van der Waals surface area contributed by atoms with Crippen molar-refractivity contribution in [2.45, 2.75) is 118 Å². The third-order valence-electron chi connectivity index (χ3n) is 12.8. The lowest BCUT2D eigenvalue weighted by molar-refractivity contribution is -0.243. The molecule has 0 spiro atoms. The van der Waals surface area contributed by atoms with Crippen LogP contribution in [0.25, 0.3) is 0 Å². The Bertz CT molecular complexity index is 653. The summed E-state index contributed by atoms with van der Waals surface area (Å²) in [7, 11) is 0. The first-order valence-electron chi connectivity index (χ1n) is 13.2. The van der Waals surface area contributed by atoms with Crippen molar-refractivity contribution in [1.29, 1.82) is 0 Å². The second-order valence-corrected chi connectivity index (χ2v) is 13.9. The number of aliphatic hydroxyl groups excluding tert-OH is 1. The average molecular weight is 401 g/mol. The van der Waals surface area contributed by atoms with Gasteiger partial charge in [0.05, 0.1) is 6.10 Å². The van der Waals surface area contributed by atoms with Gasteiger partial charge in [0.25, 0.3) is 0 Å². The van der Waals surface area contributed by atoms with E-state index < -0.39 is 0 Å². The highest BCUT2D eigenvalue weighted by atomic mass is 16.3. The molecular weight excluding hydrogens is 352 g/mol. The van der Waals surface area contributed by atoms with Gasteiger partial charge in [-0.1, -0.05) is 48.0 Å². The number of aliphatic hydroxyl groups is 1. The predicted octanol–water partition coefficient (Wildman–Crippen LogP) is 7.47. The largest absolute Gasteiger partial charge is 0.393 e. The van der Waals surface area contributed by atoms with Gasteiger partial charge in [0.1, 0.15) is 0 Å². The van der Waals surface area contributed by atoms with Crippen molar-refractivity contribution >= 4 is 0 Å². The fourth-order valence-corrected chi connectivity index (χ4v) is 10.9. The van der Waals surface area contributed by atoms with Gasteiger partial charge in [-0.05, 0) is 121 Å². The first-order chi connectivity index (χ1) is 13.5. The molecule has 0 aromatic heterocycles. The molecular formula is C28H48O. The van der Waals surface area contributed by atoms with Crippen LogP contribution in [0.1, 0.15) is 112 Å². The van der Waals surface area contributed by atoms with Gasteiger partial charge >= 0.3 is 0 Å². The molecule has 5 aliphatic rings. The van der Waals surface area contributed by atoms with Gasteiger partial charge in [0.15, 0.2) is 0 Å². The summed E-state index contributed by atoms with van der Waals surface area (Å²) < 4.78 is 0. The monoisotopic (exact) mass is 400 g/mol. The van der Waals surface area contributed by atoms with Crippen molar-refractivity contribution in [2.75, 3.05) is 0 Å². The Labute approximate surface area is 180 Å². The summed E-state index contributed by atoms with van der Waals surface area (Å²) in [5.74, 6) is 5.55. The molecule has 0 amide bonds. The van der Waals surface area contributed by atoms with Crippen molar-refractivity contribution in [1.82, 2.24) is 0 Å². The van der Waals surface area contributed by atoms with Crippen LogP contribution in [0.5, 0.6) is 0 Å². The zero-order valence-electron chi connectivity index (χ0n) is 20.3. The van der Waals surface area contributed by atoms with Crippen LogP contribution in [0.2, 0.25) is 0 Å². The average Bonchev–Trinajstić information content (AvgIpc) is 2.65. The molecule has 1 N–H and O–H groups in total. The van der Waals surface area contributed by atoms with Crippen molar-refractivity contribution in [3.05, 3.63) is 0 Å². The number of fused-ring (bicyclic) bond motifs is 7. The summed E-state index contributed by atoms with van der Waals surface area (Å²) in [5.41, 5.74) is 1.57. The summed E-state index contributed by atoms with van der Waals surface area (Å²) in [6.07, 6.45) is 15.4. The molecule has 29 heavy (non-hydrogen) atoms. The number of hydrogen-bond acceptors (Lipinski definition) is 1. The SMILES string of the molecule is C[C@H]1CC[C@@H]2CC[C@@]3(C)C(CCC4[C@@]5(C)CC[C@H](O)C(C)(C)C5CC[C@]43C)[C@@H]2C1. The molecule has 0 aromatic carbocycles. The lowest BCUT2D eigenvalue weighted by atomic mass is 9.32. The van der Waals surface area contributed by atoms with Crippen molar-refractivity contribution in [2.24, 2.45) is 57.2 Å². The third kappa shape index (κ3) is 2.61. The van der Waals surface area contributed by atoms with Gasteiger partial charge in [-0.3, -0.25) is 0 Å². The lowest BCUT2D eigenvalue weighted by Gasteiger charge is -2.72. The van der Waals surface area contributed by atoms with Crippen LogP contribution in [-0.2, 0) is 0 Å². The van der Waals surface area contributed by atoms with Crippen molar-refractivity contribution in [3.63, 3.8) is 0 Å². The zero-order valence-corrected chi connectivity index (χ0v) is 20.3. The minimum atomic E-state index is -0.101. The van der Waals surface area contributed by atoms with Gasteiger partial charge in [0, 0.05) is 0 Å². The van der Waals surface area contributed by atoms with Gasteiger partial charge in [0.2, 0.25) is 0 Å². The maximum absolute atomic E-state index is 10.8. The van der Waals surface area contributed by atoms with E-state index in [1.54, 1.807) is 0 Å². The minimum Gasteiger partial charge on any atom is -0.393 e. The molecule has 5 saturated carbocycles. The van der Waals surface area contributed by atoms with E-state index in [2.05, 4.69) is 41.5 Å². The smallest absolute Gasteiger partial charge is 0.0594 e. The van der Waals surface area contributed by atoms with E-state index in [-0.39, 0.29) is 11.5 Å². The maximum Gasteiger partial charge on any atom is 0.0594 e. The van der Waals surface area contributed by atoms with Crippen LogP contribution in [0.4, 0.5) is 0 Å². The van der Waals surface area contributed by atoms with E-state index in [0.717, 1.165) is 36.0 Å². The topological polar surface area (TPSA) is 20.2 Å². The van der Waals surface area contributed by atoms with Gasteiger partial charge < -0.3 is 5.11 Å². The molecule has 0 radical (unpaired) electrons. The van der Waals surface area contributed by atoms with Gasteiger partial charge in [-0.2, -0.15) is 0 Å². The Morgan fingerprint density at radius 1 is 0.690 bits per heavy atom. The molecule has 0 aliphatic heterocycles. The molecule has 1 heteroatoms. The maximum atomic E-state index is 10.8. The standard InChI is InChI=1S/C28H48O/c1-18-7-8-19-11-15-27(5)21(20(19)17-18)9-10-23-26(4)14-13-24(29)25(2,3)22(26)12-16-28(23,27)6/h18-24,29H,7-17H2,1-6H3/t18-,19+,20+,21?,22?,23?,24-,26-,27-,28+/m0/s1. The highest BCUT2D eigenvalue weighted by molar-refractivity contribution is 5.17. The Hall–Kier alpha value is -0.0400. The summed E-state index contributed by atoms with van der Waals surface area (Å²) in [4.78, 5) is 0. The van der Waals surface area contributed by atoms with Gasteiger partial charge in [-0.15, -0.1) is 0 Å². The second-order valence-electron chi connectivity index (χ2n) is 13.9. The van der Waals surface area contributed by atoms with Crippen LogP contribution in [0, 0.1) is 57.2 Å². The summed E-state index contributed by atoms with van der Waals surface area (Å²) in [6, 6.07) is 0. The van der Waals surface area contributed by atoms with Crippen LogP contribution in [0.15, 0.2) is 0 Å². The van der Waals surface area contributed by atoms with Gasteiger partial charge in [-0.25, -0.2) is 0 Å². The number of rotatable bonds is 0. The Kier molecular flexibility index (Phi) is 4.66. The summed E-state index contributed by atoms with van der Waals surface area (Å²) in [5, 5.41) is 10.8. The minimum absolute atomic E-state index is 0.0859. The molecule has 3 unspecified atom stereocenters. The Balaban J connectivity index is 1.50. The van der Waals surface area contributed by atoms with E-state index in [4.69, 9.17) is 0 Å². The fraction of sp³-hybridized carbons (Fsp3) is 1.00. The van der Waals surface area contributed by atoms with E-state index in [0.29, 0.717) is 22.2 Å². The summed E-state index contributed by atoms with van der Waals surface area (Å²) in [6.45, 7) is 15.4. The van der Waals surface area contributed by atoms with E-state index >= 15 is 0 Å². The molecule has 0 bridgehead atoms. The zero-order chi connectivity index (χ0) is 20.8. The molecule has 1 nitrogen and oxygen atoms in total. The summed E-state index contributed by atoms with van der Waals surface area (Å²) >= 11 is 0. The quantitative estimate of drug-likeness (QED) is 0.447.